The van der Waals surface area contributed by atoms with Crippen LogP contribution in [0.15, 0.2) is 0 Å². The maximum absolute atomic E-state index is 12.8. The van der Waals surface area contributed by atoms with E-state index in [1.54, 1.807) is 0 Å². The second kappa shape index (κ2) is 5.84. The van der Waals surface area contributed by atoms with E-state index in [4.69, 9.17) is 5.73 Å². The minimum absolute atomic E-state index is 0.187. The highest BCUT2D eigenvalue weighted by atomic mass is 19.4. The van der Waals surface area contributed by atoms with Gasteiger partial charge in [-0.15, -0.1) is 0 Å². The van der Waals surface area contributed by atoms with Gasteiger partial charge in [-0.2, -0.15) is 13.2 Å². The number of halogens is 3. The first-order valence-corrected chi connectivity index (χ1v) is 7.84. The van der Waals surface area contributed by atoms with E-state index in [2.05, 4.69) is 18.7 Å². The molecule has 5 heteroatoms. The SMILES string of the molecule is CC(C)C1CCCN1C1(CN)CCC(C(F)(F)F)CC1. The number of nitrogens with two attached hydrogens (primary N) is 1. The molecule has 0 amide bonds. The molecule has 0 radical (unpaired) electrons. The third kappa shape index (κ3) is 2.98. The molecule has 0 aromatic rings. The van der Waals surface area contributed by atoms with Crippen molar-refractivity contribution in [3.63, 3.8) is 0 Å². The van der Waals surface area contributed by atoms with Crippen molar-refractivity contribution in [1.29, 1.82) is 0 Å². The Morgan fingerprint density at radius 1 is 1.20 bits per heavy atom. The molecule has 1 aliphatic carbocycles. The van der Waals surface area contributed by atoms with Gasteiger partial charge in [0.2, 0.25) is 0 Å². The lowest BCUT2D eigenvalue weighted by Gasteiger charge is -2.49. The fraction of sp³-hybridized carbons (Fsp3) is 1.00. The number of hydrogen-bond acceptors (Lipinski definition) is 2. The summed E-state index contributed by atoms with van der Waals surface area (Å²) in [7, 11) is 0. The average molecular weight is 292 g/mol. The summed E-state index contributed by atoms with van der Waals surface area (Å²) in [6.07, 6.45) is -0.0730. The smallest absolute Gasteiger partial charge is 0.329 e. The first-order valence-electron chi connectivity index (χ1n) is 7.84. The molecular weight excluding hydrogens is 265 g/mol. The van der Waals surface area contributed by atoms with Gasteiger partial charge in [-0.3, -0.25) is 4.90 Å². The van der Waals surface area contributed by atoms with Crippen LogP contribution in [-0.4, -0.2) is 35.7 Å². The number of rotatable bonds is 3. The van der Waals surface area contributed by atoms with Crippen molar-refractivity contribution in [2.45, 2.75) is 70.1 Å². The standard InChI is InChI=1S/C15H27F3N2/c1-11(2)13-4-3-9-20(13)14(10-19)7-5-12(6-8-14)15(16,17)18/h11-13H,3-10,19H2,1-2H3. The van der Waals surface area contributed by atoms with E-state index in [0.717, 1.165) is 19.4 Å². The predicted molar refractivity (Wildman–Crippen MR) is 74.4 cm³/mol. The van der Waals surface area contributed by atoms with Crippen LogP contribution in [0.2, 0.25) is 0 Å². The summed E-state index contributed by atoms with van der Waals surface area (Å²) >= 11 is 0. The molecule has 1 saturated carbocycles. The van der Waals surface area contributed by atoms with E-state index < -0.39 is 12.1 Å². The molecule has 20 heavy (non-hydrogen) atoms. The van der Waals surface area contributed by atoms with E-state index in [1.165, 1.54) is 0 Å². The molecule has 118 valence electrons. The summed E-state index contributed by atoms with van der Waals surface area (Å²) in [5, 5.41) is 0. The zero-order valence-electron chi connectivity index (χ0n) is 12.5. The number of hydrogen-bond donors (Lipinski definition) is 1. The Morgan fingerprint density at radius 2 is 1.80 bits per heavy atom. The molecule has 2 N–H and O–H groups in total. The number of alkyl halides is 3. The Kier molecular flexibility index (Phi) is 4.69. The lowest BCUT2D eigenvalue weighted by Crippen LogP contribution is -2.58. The number of likely N-dealkylation sites (tertiary alicyclic amines) is 1. The van der Waals surface area contributed by atoms with Crippen LogP contribution in [0.3, 0.4) is 0 Å². The van der Waals surface area contributed by atoms with Gasteiger partial charge in [-0.1, -0.05) is 13.8 Å². The van der Waals surface area contributed by atoms with E-state index in [0.29, 0.717) is 31.3 Å². The minimum atomic E-state index is -4.04. The van der Waals surface area contributed by atoms with E-state index >= 15 is 0 Å². The molecule has 2 aliphatic rings. The van der Waals surface area contributed by atoms with Gasteiger partial charge in [0.25, 0.3) is 0 Å². The van der Waals surface area contributed by atoms with Crippen LogP contribution in [0.4, 0.5) is 13.2 Å². The van der Waals surface area contributed by atoms with Gasteiger partial charge in [0, 0.05) is 18.1 Å². The van der Waals surface area contributed by atoms with Gasteiger partial charge in [0.15, 0.2) is 0 Å². The summed E-state index contributed by atoms with van der Waals surface area (Å²) in [4.78, 5) is 2.45. The highest BCUT2D eigenvalue weighted by Crippen LogP contribution is 2.45. The van der Waals surface area contributed by atoms with Crippen molar-refractivity contribution < 1.29 is 13.2 Å². The van der Waals surface area contributed by atoms with Gasteiger partial charge in [0.1, 0.15) is 0 Å². The zero-order chi connectivity index (χ0) is 15.0. The van der Waals surface area contributed by atoms with Crippen molar-refractivity contribution in [3.05, 3.63) is 0 Å². The molecule has 1 heterocycles. The Bertz CT molecular complexity index is 320. The maximum Gasteiger partial charge on any atom is 0.391 e. The van der Waals surface area contributed by atoms with Gasteiger partial charge in [-0.25, -0.2) is 0 Å². The Balaban J connectivity index is 2.08. The lowest BCUT2D eigenvalue weighted by atomic mass is 9.74. The van der Waals surface area contributed by atoms with Gasteiger partial charge in [0.05, 0.1) is 5.92 Å². The topological polar surface area (TPSA) is 29.3 Å². The molecule has 1 unspecified atom stereocenters. The number of nitrogens with zero attached hydrogens (tertiary/aromatic N) is 1. The van der Waals surface area contributed by atoms with Gasteiger partial charge in [-0.05, 0) is 51.0 Å². The summed E-state index contributed by atoms with van der Waals surface area (Å²) in [5.41, 5.74) is 5.82. The Morgan fingerprint density at radius 3 is 2.25 bits per heavy atom. The van der Waals surface area contributed by atoms with Crippen LogP contribution in [0.25, 0.3) is 0 Å². The lowest BCUT2D eigenvalue weighted by molar-refractivity contribution is -0.189. The van der Waals surface area contributed by atoms with Crippen LogP contribution >= 0.6 is 0 Å². The molecule has 0 spiro atoms. The van der Waals surface area contributed by atoms with Crippen LogP contribution < -0.4 is 5.73 Å². The second-order valence-corrected chi connectivity index (χ2v) is 6.89. The molecule has 1 aliphatic heterocycles. The van der Waals surface area contributed by atoms with Gasteiger partial charge < -0.3 is 5.73 Å². The minimum Gasteiger partial charge on any atom is -0.329 e. The average Bonchev–Trinajstić information content (AvgIpc) is 2.87. The molecule has 2 fully saturated rings. The summed E-state index contributed by atoms with van der Waals surface area (Å²) in [6.45, 7) is 5.89. The van der Waals surface area contributed by atoms with Crippen molar-refractivity contribution in [2.75, 3.05) is 13.1 Å². The summed E-state index contributed by atoms with van der Waals surface area (Å²) in [6, 6.07) is 0.487. The van der Waals surface area contributed by atoms with Crippen molar-refractivity contribution in [3.8, 4) is 0 Å². The monoisotopic (exact) mass is 292 g/mol. The molecule has 0 bridgehead atoms. The normalized spacial score (nSPS) is 36.8. The van der Waals surface area contributed by atoms with Crippen molar-refractivity contribution >= 4 is 0 Å². The third-order valence-electron chi connectivity index (χ3n) is 5.44. The summed E-state index contributed by atoms with van der Waals surface area (Å²) < 4.78 is 38.5. The van der Waals surface area contributed by atoms with Crippen LogP contribution in [-0.2, 0) is 0 Å². The predicted octanol–water partition coefficient (Wildman–Crippen LogP) is 3.56. The molecule has 0 aromatic carbocycles. The van der Waals surface area contributed by atoms with Gasteiger partial charge >= 0.3 is 6.18 Å². The molecule has 0 aromatic heterocycles. The fourth-order valence-corrected chi connectivity index (χ4v) is 4.17. The zero-order valence-corrected chi connectivity index (χ0v) is 12.5. The molecule has 1 atom stereocenters. The maximum atomic E-state index is 12.8. The van der Waals surface area contributed by atoms with Crippen LogP contribution in [0.5, 0.6) is 0 Å². The molecule has 1 saturated heterocycles. The van der Waals surface area contributed by atoms with Crippen LogP contribution in [0.1, 0.15) is 52.4 Å². The van der Waals surface area contributed by atoms with E-state index in [-0.39, 0.29) is 18.4 Å². The summed E-state index contributed by atoms with van der Waals surface area (Å²) in [5.74, 6) is -0.580. The van der Waals surface area contributed by atoms with Crippen molar-refractivity contribution in [1.82, 2.24) is 4.90 Å². The molecular formula is C15H27F3N2. The highest BCUT2D eigenvalue weighted by molar-refractivity contribution is 5.01. The second-order valence-electron chi connectivity index (χ2n) is 6.89. The molecule has 2 rings (SSSR count). The quantitative estimate of drug-likeness (QED) is 0.862. The highest BCUT2D eigenvalue weighted by Gasteiger charge is 2.49. The Labute approximate surface area is 119 Å². The first-order chi connectivity index (χ1) is 9.30. The van der Waals surface area contributed by atoms with Crippen molar-refractivity contribution in [2.24, 2.45) is 17.6 Å². The molecule has 2 nitrogen and oxygen atoms in total. The van der Waals surface area contributed by atoms with E-state index in [9.17, 15) is 13.2 Å². The fourth-order valence-electron chi connectivity index (χ4n) is 4.17. The largest absolute Gasteiger partial charge is 0.391 e. The van der Waals surface area contributed by atoms with Crippen LogP contribution in [0, 0.1) is 11.8 Å². The first kappa shape index (κ1) is 16.1. The Hall–Kier alpha value is -0.290. The third-order valence-corrected chi connectivity index (χ3v) is 5.44. The van der Waals surface area contributed by atoms with E-state index in [1.807, 2.05) is 0 Å².